The summed E-state index contributed by atoms with van der Waals surface area (Å²) in [6.45, 7) is 6.07. The van der Waals surface area contributed by atoms with Crippen molar-refractivity contribution in [2.45, 2.75) is 13.5 Å². The predicted molar refractivity (Wildman–Crippen MR) is 102 cm³/mol. The smallest absolute Gasteiger partial charge is 0.227 e. The Hall–Kier alpha value is -2.80. The highest BCUT2D eigenvalue weighted by atomic mass is 16.3. The molecule has 2 aromatic heterocycles. The number of hydrogen-bond donors (Lipinski definition) is 2. The van der Waals surface area contributed by atoms with Crippen LogP contribution in [0.5, 0.6) is 5.75 Å². The number of piperazine rings is 1. The molecule has 1 aliphatic rings. The molecule has 0 bridgehead atoms. The predicted octanol–water partition coefficient (Wildman–Crippen LogP) is 1.76. The quantitative estimate of drug-likeness (QED) is 0.744. The number of aliphatic hydroxyl groups is 1. The maximum absolute atomic E-state index is 9.44. The zero-order valence-corrected chi connectivity index (χ0v) is 14.8. The number of hydrogen-bond acceptors (Lipinski definition) is 6. The molecule has 26 heavy (non-hydrogen) atoms. The van der Waals surface area contributed by atoms with Crippen LogP contribution in [0.15, 0.2) is 36.5 Å². The Morgan fingerprint density at radius 3 is 2.35 bits per heavy atom. The van der Waals surface area contributed by atoms with Crippen molar-refractivity contribution in [1.82, 2.24) is 14.5 Å². The van der Waals surface area contributed by atoms with Crippen LogP contribution in [0.4, 0.5) is 11.6 Å². The number of aryl methyl sites for hydroxylation is 1. The van der Waals surface area contributed by atoms with E-state index in [1.54, 1.807) is 12.1 Å². The monoisotopic (exact) mass is 353 g/mol. The normalized spacial score (nSPS) is 15.0. The van der Waals surface area contributed by atoms with Crippen LogP contribution in [-0.2, 0) is 6.54 Å². The molecule has 2 N–H and O–H groups in total. The number of rotatable bonds is 4. The summed E-state index contributed by atoms with van der Waals surface area (Å²) in [7, 11) is 0. The summed E-state index contributed by atoms with van der Waals surface area (Å²) in [5.41, 5.74) is 2.96. The molecule has 3 heterocycles. The number of benzene rings is 1. The van der Waals surface area contributed by atoms with E-state index in [4.69, 9.17) is 9.97 Å². The van der Waals surface area contributed by atoms with Crippen LogP contribution in [0.2, 0.25) is 0 Å². The fraction of sp³-hybridized carbons (Fsp3) is 0.368. The Kier molecular flexibility index (Phi) is 4.38. The summed E-state index contributed by atoms with van der Waals surface area (Å²) < 4.78 is 1.97. The number of aromatic nitrogens is 3. The van der Waals surface area contributed by atoms with Gasteiger partial charge in [0.2, 0.25) is 5.95 Å². The number of phenolic OH excluding ortho intramolecular Hbond substituents is 1. The molecule has 0 spiro atoms. The van der Waals surface area contributed by atoms with Crippen molar-refractivity contribution < 1.29 is 10.2 Å². The Balaban J connectivity index is 1.53. The lowest BCUT2D eigenvalue weighted by molar-refractivity contribution is 0.278. The fourth-order valence-electron chi connectivity index (χ4n) is 3.46. The molecule has 7 nitrogen and oxygen atoms in total. The Bertz CT molecular complexity index is 898. The van der Waals surface area contributed by atoms with E-state index in [0.717, 1.165) is 54.5 Å². The third kappa shape index (κ3) is 3.06. The minimum Gasteiger partial charge on any atom is -0.508 e. The summed E-state index contributed by atoms with van der Waals surface area (Å²) in [6.07, 6.45) is 1.95. The van der Waals surface area contributed by atoms with Crippen molar-refractivity contribution in [3.63, 3.8) is 0 Å². The Labute approximate surface area is 152 Å². The van der Waals surface area contributed by atoms with E-state index in [9.17, 15) is 10.2 Å². The van der Waals surface area contributed by atoms with Crippen LogP contribution in [0, 0.1) is 6.92 Å². The van der Waals surface area contributed by atoms with Crippen LogP contribution < -0.4 is 9.80 Å². The minimum atomic E-state index is 0.0907. The Morgan fingerprint density at radius 2 is 1.65 bits per heavy atom. The van der Waals surface area contributed by atoms with Gasteiger partial charge in [0.1, 0.15) is 11.4 Å². The lowest BCUT2D eigenvalue weighted by Crippen LogP contribution is -2.47. The first-order valence-electron chi connectivity index (χ1n) is 8.89. The van der Waals surface area contributed by atoms with Crippen LogP contribution >= 0.6 is 0 Å². The van der Waals surface area contributed by atoms with Crippen molar-refractivity contribution in [3.8, 4) is 5.75 Å². The van der Waals surface area contributed by atoms with Crippen molar-refractivity contribution in [1.29, 1.82) is 0 Å². The van der Waals surface area contributed by atoms with Gasteiger partial charge in [-0.3, -0.25) is 0 Å². The van der Waals surface area contributed by atoms with E-state index in [0.29, 0.717) is 6.54 Å². The zero-order chi connectivity index (χ0) is 18.1. The second-order valence-corrected chi connectivity index (χ2v) is 6.57. The van der Waals surface area contributed by atoms with Crippen molar-refractivity contribution in [3.05, 3.63) is 42.2 Å². The van der Waals surface area contributed by atoms with Crippen molar-refractivity contribution in [2.75, 3.05) is 42.6 Å². The average Bonchev–Trinajstić information content (AvgIpc) is 3.06. The minimum absolute atomic E-state index is 0.0907. The molecule has 0 amide bonds. The third-order valence-corrected chi connectivity index (χ3v) is 4.92. The molecule has 3 aromatic rings. The molecule has 1 aromatic carbocycles. The third-order valence-electron chi connectivity index (χ3n) is 4.92. The SMILES string of the molecule is Cc1nc(N2CCN(c3ccc(O)cc3)CC2)nc2c1ccn2CCO. The molecule has 136 valence electrons. The number of phenols is 1. The van der Waals surface area contributed by atoms with E-state index in [2.05, 4.69) is 9.80 Å². The van der Waals surface area contributed by atoms with Gasteiger partial charge in [-0.2, -0.15) is 4.98 Å². The zero-order valence-electron chi connectivity index (χ0n) is 14.8. The number of fused-ring (bicyclic) bond motifs is 1. The molecule has 0 unspecified atom stereocenters. The van der Waals surface area contributed by atoms with Gasteiger partial charge in [-0.1, -0.05) is 0 Å². The maximum atomic E-state index is 9.44. The van der Waals surface area contributed by atoms with Gasteiger partial charge in [-0.25, -0.2) is 4.98 Å². The first kappa shape index (κ1) is 16.7. The van der Waals surface area contributed by atoms with Crippen molar-refractivity contribution >= 4 is 22.7 Å². The van der Waals surface area contributed by atoms with Gasteiger partial charge < -0.3 is 24.6 Å². The fourth-order valence-corrected chi connectivity index (χ4v) is 3.46. The van der Waals surface area contributed by atoms with Gasteiger partial charge in [0, 0.05) is 50.0 Å². The highest BCUT2D eigenvalue weighted by Gasteiger charge is 2.21. The second kappa shape index (κ2) is 6.84. The van der Waals surface area contributed by atoms with Gasteiger partial charge >= 0.3 is 0 Å². The molecule has 0 radical (unpaired) electrons. The summed E-state index contributed by atoms with van der Waals surface area (Å²) >= 11 is 0. The first-order chi connectivity index (χ1) is 12.7. The highest BCUT2D eigenvalue weighted by Crippen LogP contribution is 2.23. The first-order valence-corrected chi connectivity index (χ1v) is 8.89. The standard InChI is InChI=1S/C19H23N5O2/c1-14-17-6-7-23(12-13-25)18(17)21-19(20-14)24-10-8-22(9-11-24)15-2-4-16(26)5-3-15/h2-7,25-26H,8-13H2,1H3. The van der Waals surface area contributed by atoms with Gasteiger partial charge in [0.05, 0.1) is 12.3 Å². The number of aliphatic hydroxyl groups excluding tert-OH is 1. The van der Waals surface area contributed by atoms with E-state index in [-0.39, 0.29) is 12.4 Å². The van der Waals surface area contributed by atoms with Crippen LogP contribution in [0.3, 0.4) is 0 Å². The number of anilines is 2. The molecule has 1 aliphatic heterocycles. The lowest BCUT2D eigenvalue weighted by Gasteiger charge is -2.36. The summed E-state index contributed by atoms with van der Waals surface area (Å²) in [6, 6.07) is 9.33. The topological polar surface area (TPSA) is 77.7 Å². The molecule has 1 fully saturated rings. The van der Waals surface area contributed by atoms with Gasteiger partial charge in [0.25, 0.3) is 0 Å². The second-order valence-electron chi connectivity index (χ2n) is 6.57. The summed E-state index contributed by atoms with van der Waals surface area (Å²) in [4.78, 5) is 14.0. The molecular formula is C19H23N5O2. The van der Waals surface area contributed by atoms with E-state index >= 15 is 0 Å². The Morgan fingerprint density at radius 1 is 0.962 bits per heavy atom. The van der Waals surface area contributed by atoms with Crippen LogP contribution in [0.25, 0.3) is 11.0 Å². The average molecular weight is 353 g/mol. The van der Waals surface area contributed by atoms with E-state index in [1.165, 1.54) is 0 Å². The molecule has 7 heteroatoms. The van der Waals surface area contributed by atoms with Crippen LogP contribution in [0.1, 0.15) is 5.69 Å². The number of nitrogens with zero attached hydrogens (tertiary/aromatic N) is 5. The molecule has 0 aliphatic carbocycles. The van der Waals surface area contributed by atoms with Crippen LogP contribution in [-0.4, -0.2) is 57.5 Å². The molecule has 4 rings (SSSR count). The van der Waals surface area contributed by atoms with Gasteiger partial charge in [-0.15, -0.1) is 0 Å². The molecular weight excluding hydrogens is 330 g/mol. The van der Waals surface area contributed by atoms with E-state index in [1.807, 2.05) is 35.9 Å². The highest BCUT2D eigenvalue weighted by molar-refractivity contribution is 5.79. The van der Waals surface area contributed by atoms with Gasteiger partial charge in [0.15, 0.2) is 0 Å². The lowest BCUT2D eigenvalue weighted by atomic mass is 10.2. The number of aromatic hydroxyl groups is 1. The maximum Gasteiger partial charge on any atom is 0.227 e. The molecule has 0 atom stereocenters. The van der Waals surface area contributed by atoms with Gasteiger partial charge in [-0.05, 0) is 37.3 Å². The van der Waals surface area contributed by atoms with E-state index < -0.39 is 0 Å². The largest absolute Gasteiger partial charge is 0.508 e. The summed E-state index contributed by atoms with van der Waals surface area (Å²) in [5.74, 6) is 1.04. The molecule has 1 saturated heterocycles. The molecule has 0 saturated carbocycles. The van der Waals surface area contributed by atoms with Crippen molar-refractivity contribution in [2.24, 2.45) is 0 Å². The summed E-state index contributed by atoms with van der Waals surface area (Å²) in [5, 5.41) is 19.7.